The predicted octanol–water partition coefficient (Wildman–Crippen LogP) is 4.98. The number of furan rings is 1. The van der Waals surface area contributed by atoms with Crippen molar-refractivity contribution in [3.8, 4) is 11.5 Å². The number of nitrogens with zero attached hydrogens (tertiary/aromatic N) is 5. The summed E-state index contributed by atoms with van der Waals surface area (Å²) in [5.41, 5.74) is 1.70. The Bertz CT molecular complexity index is 1040. The maximum Gasteiger partial charge on any atom is 0.192 e. The Hall–Kier alpha value is -2.35. The van der Waals surface area contributed by atoms with Crippen LogP contribution in [-0.4, -0.2) is 24.7 Å². The summed E-state index contributed by atoms with van der Waals surface area (Å²) in [5, 5.41) is 10.5. The molecule has 6 nitrogen and oxygen atoms in total. The molecule has 0 aliphatic heterocycles. The van der Waals surface area contributed by atoms with Gasteiger partial charge < -0.3 is 4.42 Å². The molecule has 136 valence electrons. The smallest absolute Gasteiger partial charge is 0.192 e. The van der Waals surface area contributed by atoms with E-state index >= 15 is 0 Å². The van der Waals surface area contributed by atoms with Crippen LogP contribution in [0.2, 0.25) is 10.0 Å². The first-order valence-corrected chi connectivity index (χ1v) is 9.73. The Morgan fingerprint density at radius 3 is 2.74 bits per heavy atom. The van der Waals surface area contributed by atoms with E-state index in [1.54, 1.807) is 42.7 Å². The summed E-state index contributed by atoms with van der Waals surface area (Å²) in [4.78, 5) is 8.45. The third-order valence-electron chi connectivity index (χ3n) is 3.76. The zero-order valence-electron chi connectivity index (χ0n) is 13.9. The van der Waals surface area contributed by atoms with Crippen LogP contribution in [0.4, 0.5) is 0 Å². The summed E-state index contributed by atoms with van der Waals surface area (Å²) in [6.07, 6.45) is 6.56. The molecule has 27 heavy (non-hydrogen) atoms. The number of benzene rings is 1. The summed E-state index contributed by atoms with van der Waals surface area (Å²) in [5.74, 6) is 2.11. The van der Waals surface area contributed by atoms with Gasteiger partial charge in [-0.25, -0.2) is 4.98 Å². The predicted molar refractivity (Wildman–Crippen MR) is 105 cm³/mol. The maximum atomic E-state index is 6.10. The van der Waals surface area contributed by atoms with Crippen molar-refractivity contribution in [1.29, 1.82) is 0 Å². The first-order chi connectivity index (χ1) is 13.2. The van der Waals surface area contributed by atoms with Gasteiger partial charge in [0.15, 0.2) is 11.0 Å². The van der Waals surface area contributed by atoms with Gasteiger partial charge in [0, 0.05) is 18.1 Å². The van der Waals surface area contributed by atoms with Crippen LogP contribution in [0.1, 0.15) is 11.3 Å². The Kier molecular flexibility index (Phi) is 5.42. The molecule has 0 saturated heterocycles. The molecule has 0 spiro atoms. The summed E-state index contributed by atoms with van der Waals surface area (Å²) in [6, 6.07) is 9.35. The summed E-state index contributed by atoms with van der Waals surface area (Å²) in [7, 11) is 0. The van der Waals surface area contributed by atoms with Crippen LogP contribution in [-0.2, 0) is 12.3 Å². The molecule has 4 aromatic rings. The minimum atomic E-state index is 0.496. The normalized spacial score (nSPS) is 11.0. The molecular weight excluding hydrogens is 405 g/mol. The molecule has 3 aromatic heterocycles. The molecule has 0 atom stereocenters. The molecule has 0 bridgehead atoms. The standard InChI is InChI=1S/C18H13Cl2N5OS/c19-14-4-3-12(8-15(14)20)11-27-18-24-23-17(16-9-21-5-6-22-16)25(18)10-13-2-1-7-26-13/h1-9H,10-11H2. The third-order valence-corrected chi connectivity index (χ3v) is 5.53. The van der Waals surface area contributed by atoms with Gasteiger partial charge >= 0.3 is 0 Å². The second kappa shape index (κ2) is 8.12. The van der Waals surface area contributed by atoms with E-state index in [1.807, 2.05) is 28.8 Å². The maximum absolute atomic E-state index is 6.10. The van der Waals surface area contributed by atoms with Gasteiger partial charge in [0.1, 0.15) is 11.5 Å². The van der Waals surface area contributed by atoms with Crippen molar-refractivity contribution in [2.45, 2.75) is 17.5 Å². The summed E-state index contributed by atoms with van der Waals surface area (Å²) >= 11 is 13.6. The van der Waals surface area contributed by atoms with E-state index in [1.165, 1.54) is 0 Å². The first-order valence-electron chi connectivity index (χ1n) is 7.99. The molecule has 9 heteroatoms. The highest BCUT2D eigenvalue weighted by molar-refractivity contribution is 7.98. The number of hydrogen-bond acceptors (Lipinski definition) is 6. The molecule has 3 heterocycles. The zero-order chi connectivity index (χ0) is 18.6. The second-order valence-corrected chi connectivity index (χ2v) is 7.36. The molecule has 0 unspecified atom stereocenters. The second-order valence-electron chi connectivity index (χ2n) is 5.60. The molecule has 0 fully saturated rings. The Morgan fingerprint density at radius 1 is 1.07 bits per heavy atom. The SMILES string of the molecule is Clc1ccc(CSc2nnc(-c3cnccn3)n2Cc2ccco2)cc1Cl. The average Bonchev–Trinajstić information content (AvgIpc) is 3.34. The molecule has 0 radical (unpaired) electrons. The van der Waals surface area contributed by atoms with Crippen molar-refractivity contribution in [3.05, 3.63) is 76.6 Å². The van der Waals surface area contributed by atoms with Crippen LogP contribution in [0.25, 0.3) is 11.5 Å². The molecule has 0 aliphatic carbocycles. The summed E-state index contributed by atoms with van der Waals surface area (Å²) in [6.45, 7) is 0.496. The minimum absolute atomic E-state index is 0.496. The van der Waals surface area contributed by atoms with Crippen LogP contribution in [0, 0.1) is 0 Å². The first kappa shape index (κ1) is 18.0. The van der Waals surface area contributed by atoms with Gasteiger partial charge in [-0.15, -0.1) is 10.2 Å². The van der Waals surface area contributed by atoms with Crippen LogP contribution in [0.3, 0.4) is 0 Å². The van der Waals surface area contributed by atoms with Gasteiger partial charge in [-0.2, -0.15) is 0 Å². The molecule has 0 N–H and O–H groups in total. The van der Waals surface area contributed by atoms with Crippen molar-refractivity contribution < 1.29 is 4.42 Å². The van der Waals surface area contributed by atoms with Gasteiger partial charge in [-0.3, -0.25) is 9.55 Å². The molecule has 0 saturated carbocycles. The molecule has 0 aliphatic rings. The zero-order valence-corrected chi connectivity index (χ0v) is 16.2. The summed E-state index contributed by atoms with van der Waals surface area (Å²) < 4.78 is 7.45. The third kappa shape index (κ3) is 4.16. The Labute approximate surface area is 169 Å². The lowest BCUT2D eigenvalue weighted by molar-refractivity contribution is 0.485. The number of aromatic nitrogens is 5. The quantitative estimate of drug-likeness (QED) is 0.412. The molecule has 0 amide bonds. The van der Waals surface area contributed by atoms with Crippen LogP contribution >= 0.6 is 35.0 Å². The van der Waals surface area contributed by atoms with Crippen LogP contribution in [0.15, 0.2) is 64.8 Å². The van der Waals surface area contributed by atoms with Crippen molar-refractivity contribution in [3.63, 3.8) is 0 Å². The fourth-order valence-corrected chi connectivity index (χ4v) is 3.68. The Balaban J connectivity index is 1.63. The fraction of sp³-hybridized carbons (Fsp3) is 0.111. The van der Waals surface area contributed by atoms with Crippen molar-refractivity contribution in [2.24, 2.45) is 0 Å². The van der Waals surface area contributed by atoms with Crippen LogP contribution < -0.4 is 0 Å². The lowest BCUT2D eigenvalue weighted by atomic mass is 10.2. The highest BCUT2D eigenvalue weighted by Crippen LogP contribution is 2.29. The van der Waals surface area contributed by atoms with Crippen LogP contribution in [0.5, 0.6) is 0 Å². The molecule has 4 rings (SSSR count). The van der Waals surface area contributed by atoms with E-state index in [-0.39, 0.29) is 0 Å². The van der Waals surface area contributed by atoms with E-state index in [0.717, 1.165) is 16.5 Å². The number of hydrogen-bond donors (Lipinski definition) is 0. The fourth-order valence-electron chi connectivity index (χ4n) is 2.48. The topological polar surface area (TPSA) is 69.6 Å². The van der Waals surface area contributed by atoms with E-state index in [9.17, 15) is 0 Å². The number of halogens is 2. The van der Waals surface area contributed by atoms with Gasteiger partial charge in [-0.1, -0.05) is 41.0 Å². The van der Waals surface area contributed by atoms with E-state index in [0.29, 0.717) is 33.9 Å². The average molecular weight is 418 g/mol. The highest BCUT2D eigenvalue weighted by Gasteiger charge is 2.17. The monoisotopic (exact) mass is 417 g/mol. The van der Waals surface area contributed by atoms with Crippen molar-refractivity contribution in [2.75, 3.05) is 0 Å². The van der Waals surface area contributed by atoms with Gasteiger partial charge in [0.05, 0.1) is 29.1 Å². The van der Waals surface area contributed by atoms with Crippen molar-refractivity contribution >= 4 is 35.0 Å². The minimum Gasteiger partial charge on any atom is -0.467 e. The van der Waals surface area contributed by atoms with Gasteiger partial charge in [-0.05, 0) is 29.8 Å². The van der Waals surface area contributed by atoms with E-state index in [4.69, 9.17) is 27.6 Å². The number of thioether (sulfide) groups is 1. The van der Waals surface area contributed by atoms with Gasteiger partial charge in [0.25, 0.3) is 0 Å². The number of rotatable bonds is 6. The van der Waals surface area contributed by atoms with Crippen molar-refractivity contribution in [1.82, 2.24) is 24.7 Å². The van der Waals surface area contributed by atoms with Gasteiger partial charge in [0.2, 0.25) is 0 Å². The van der Waals surface area contributed by atoms with E-state index in [2.05, 4.69) is 20.2 Å². The molecular formula is C18H13Cl2N5OS. The Morgan fingerprint density at radius 2 is 2.00 bits per heavy atom. The lowest BCUT2D eigenvalue weighted by Gasteiger charge is -2.08. The highest BCUT2D eigenvalue weighted by atomic mass is 35.5. The largest absolute Gasteiger partial charge is 0.467 e. The lowest BCUT2D eigenvalue weighted by Crippen LogP contribution is -2.04. The van der Waals surface area contributed by atoms with E-state index < -0.39 is 0 Å². The molecule has 1 aromatic carbocycles.